The Hall–Kier alpha value is -1.64. The van der Waals surface area contributed by atoms with Crippen molar-refractivity contribution in [2.24, 2.45) is 7.05 Å². The zero-order chi connectivity index (χ0) is 11.0. The number of ketones is 1. The summed E-state index contributed by atoms with van der Waals surface area (Å²) in [6.07, 6.45) is 0.903. The summed E-state index contributed by atoms with van der Waals surface area (Å²) in [5.41, 5.74) is 2.73. The minimum Gasteiger partial charge on any atom is -0.331 e. The number of hydrogen-bond acceptors (Lipinski definition) is 2. The first kappa shape index (κ1) is 9.90. The molecule has 0 spiro atoms. The highest BCUT2D eigenvalue weighted by Gasteiger charge is 2.07. The number of Topliss-reactive ketones (excluding diaryl/α,β-unsaturated/α-hetero) is 1. The number of aromatic nitrogens is 2. The smallest absolute Gasteiger partial charge is 0.159 e. The molecule has 2 aromatic rings. The molecule has 0 unspecified atom stereocenters. The highest BCUT2D eigenvalue weighted by atomic mass is 16.1. The van der Waals surface area contributed by atoms with Gasteiger partial charge >= 0.3 is 0 Å². The van der Waals surface area contributed by atoms with Gasteiger partial charge in [-0.1, -0.05) is 6.92 Å². The van der Waals surface area contributed by atoms with Gasteiger partial charge in [0, 0.05) is 19.0 Å². The maximum absolute atomic E-state index is 11.2. The Morgan fingerprint density at radius 1 is 1.47 bits per heavy atom. The molecule has 0 fully saturated rings. The van der Waals surface area contributed by atoms with Crippen LogP contribution in [0.4, 0.5) is 0 Å². The summed E-state index contributed by atoms with van der Waals surface area (Å²) in [4.78, 5) is 15.7. The second-order valence-electron chi connectivity index (χ2n) is 3.70. The zero-order valence-corrected chi connectivity index (χ0v) is 9.24. The number of benzene rings is 1. The van der Waals surface area contributed by atoms with Crippen LogP contribution in [0, 0.1) is 0 Å². The molecule has 0 atom stereocenters. The molecule has 0 aliphatic heterocycles. The fraction of sp³-hybridized carbons (Fsp3) is 0.333. The van der Waals surface area contributed by atoms with E-state index in [1.165, 1.54) is 0 Å². The Kier molecular flexibility index (Phi) is 2.31. The molecule has 0 N–H and O–H groups in total. The maximum atomic E-state index is 11.2. The molecule has 0 radical (unpaired) electrons. The third-order valence-electron chi connectivity index (χ3n) is 2.70. The summed E-state index contributed by atoms with van der Waals surface area (Å²) in [5.74, 6) is 1.14. The molecule has 0 saturated heterocycles. The third kappa shape index (κ3) is 1.54. The zero-order valence-electron chi connectivity index (χ0n) is 9.24. The Morgan fingerprint density at radius 3 is 2.80 bits per heavy atom. The van der Waals surface area contributed by atoms with Crippen molar-refractivity contribution in [3.63, 3.8) is 0 Å². The topological polar surface area (TPSA) is 34.9 Å². The highest BCUT2D eigenvalue weighted by Crippen LogP contribution is 2.17. The predicted molar refractivity (Wildman–Crippen MR) is 60.1 cm³/mol. The molecule has 3 heteroatoms. The normalized spacial score (nSPS) is 10.9. The van der Waals surface area contributed by atoms with Crippen LogP contribution in [0.5, 0.6) is 0 Å². The average molecular weight is 202 g/mol. The maximum Gasteiger partial charge on any atom is 0.159 e. The molecule has 2 rings (SSSR count). The largest absolute Gasteiger partial charge is 0.331 e. The van der Waals surface area contributed by atoms with Crippen LogP contribution in [0.25, 0.3) is 11.0 Å². The summed E-state index contributed by atoms with van der Waals surface area (Å²) in [6, 6.07) is 5.64. The first-order chi connectivity index (χ1) is 7.13. The van der Waals surface area contributed by atoms with E-state index >= 15 is 0 Å². The Morgan fingerprint density at radius 2 is 2.20 bits per heavy atom. The van der Waals surface area contributed by atoms with Gasteiger partial charge in [0.2, 0.25) is 0 Å². The van der Waals surface area contributed by atoms with Crippen LogP contribution >= 0.6 is 0 Å². The van der Waals surface area contributed by atoms with Gasteiger partial charge in [-0.25, -0.2) is 4.98 Å². The molecule has 1 heterocycles. The van der Waals surface area contributed by atoms with Crippen LogP contribution in [0.15, 0.2) is 18.2 Å². The minimum absolute atomic E-state index is 0.0937. The number of hydrogen-bond donors (Lipinski definition) is 0. The van der Waals surface area contributed by atoms with Crippen molar-refractivity contribution in [3.05, 3.63) is 29.6 Å². The lowest BCUT2D eigenvalue weighted by molar-refractivity contribution is 0.101. The fourth-order valence-corrected chi connectivity index (χ4v) is 1.77. The molecule has 0 aliphatic rings. The van der Waals surface area contributed by atoms with E-state index in [9.17, 15) is 4.79 Å². The first-order valence-corrected chi connectivity index (χ1v) is 5.09. The van der Waals surface area contributed by atoms with Crippen molar-refractivity contribution in [2.75, 3.05) is 0 Å². The number of carbonyl (C=O) groups is 1. The molecular weight excluding hydrogens is 188 g/mol. The quantitative estimate of drug-likeness (QED) is 0.700. The standard InChI is InChI=1S/C12H14N2O/c1-4-12-13-10-6-5-9(8(2)15)7-11(10)14(12)3/h5-7H,4H2,1-3H3. The van der Waals surface area contributed by atoms with E-state index in [0.29, 0.717) is 0 Å². The van der Waals surface area contributed by atoms with Gasteiger partial charge in [0.1, 0.15) is 5.82 Å². The van der Waals surface area contributed by atoms with E-state index in [1.807, 2.05) is 29.8 Å². The summed E-state index contributed by atoms with van der Waals surface area (Å²) >= 11 is 0. The Balaban J connectivity index is 2.70. The van der Waals surface area contributed by atoms with Gasteiger partial charge in [0.05, 0.1) is 11.0 Å². The molecule has 0 bridgehead atoms. The summed E-state index contributed by atoms with van der Waals surface area (Å²) in [5, 5.41) is 0. The SMILES string of the molecule is CCc1nc2ccc(C(C)=O)cc2n1C. The van der Waals surface area contributed by atoms with Crippen molar-refractivity contribution in [2.45, 2.75) is 20.3 Å². The van der Waals surface area contributed by atoms with Crippen LogP contribution < -0.4 is 0 Å². The monoisotopic (exact) mass is 202 g/mol. The van der Waals surface area contributed by atoms with E-state index in [-0.39, 0.29) is 5.78 Å². The number of rotatable bonds is 2. The Bertz CT molecular complexity index is 526. The molecular formula is C12H14N2O. The molecule has 0 saturated carbocycles. The fourth-order valence-electron chi connectivity index (χ4n) is 1.77. The number of fused-ring (bicyclic) bond motifs is 1. The van der Waals surface area contributed by atoms with E-state index in [4.69, 9.17) is 0 Å². The van der Waals surface area contributed by atoms with Crippen LogP contribution in [-0.4, -0.2) is 15.3 Å². The predicted octanol–water partition coefficient (Wildman–Crippen LogP) is 2.34. The van der Waals surface area contributed by atoms with Crippen molar-refractivity contribution >= 4 is 16.8 Å². The lowest BCUT2D eigenvalue weighted by atomic mass is 10.1. The second kappa shape index (κ2) is 3.50. The van der Waals surface area contributed by atoms with Crippen molar-refractivity contribution in [3.8, 4) is 0 Å². The van der Waals surface area contributed by atoms with Crippen LogP contribution in [-0.2, 0) is 13.5 Å². The van der Waals surface area contributed by atoms with Gasteiger partial charge < -0.3 is 4.57 Å². The van der Waals surface area contributed by atoms with Crippen LogP contribution in [0.1, 0.15) is 30.0 Å². The van der Waals surface area contributed by atoms with Gasteiger partial charge in [-0.05, 0) is 25.1 Å². The molecule has 1 aromatic heterocycles. The highest BCUT2D eigenvalue weighted by molar-refractivity contribution is 5.97. The average Bonchev–Trinajstić information content (AvgIpc) is 2.55. The van der Waals surface area contributed by atoms with Crippen molar-refractivity contribution in [1.29, 1.82) is 0 Å². The second-order valence-corrected chi connectivity index (χ2v) is 3.70. The number of nitrogens with zero attached hydrogens (tertiary/aromatic N) is 2. The molecule has 0 aliphatic carbocycles. The van der Waals surface area contributed by atoms with Gasteiger partial charge in [-0.15, -0.1) is 0 Å². The number of aryl methyl sites for hydroxylation is 2. The lowest BCUT2D eigenvalue weighted by Crippen LogP contribution is -1.96. The van der Waals surface area contributed by atoms with Crippen molar-refractivity contribution < 1.29 is 4.79 Å². The van der Waals surface area contributed by atoms with Gasteiger partial charge in [0.15, 0.2) is 5.78 Å². The van der Waals surface area contributed by atoms with E-state index in [1.54, 1.807) is 6.92 Å². The van der Waals surface area contributed by atoms with Gasteiger partial charge in [0.25, 0.3) is 0 Å². The summed E-state index contributed by atoms with van der Waals surface area (Å²) in [6.45, 7) is 3.66. The lowest BCUT2D eigenvalue weighted by Gasteiger charge is -1.99. The number of imidazole rings is 1. The third-order valence-corrected chi connectivity index (χ3v) is 2.70. The van der Waals surface area contributed by atoms with Crippen LogP contribution in [0.3, 0.4) is 0 Å². The molecule has 1 aromatic carbocycles. The molecule has 0 amide bonds. The minimum atomic E-state index is 0.0937. The van der Waals surface area contributed by atoms with Gasteiger partial charge in [-0.2, -0.15) is 0 Å². The summed E-state index contributed by atoms with van der Waals surface area (Å²) < 4.78 is 2.04. The van der Waals surface area contributed by atoms with Crippen LogP contribution in [0.2, 0.25) is 0 Å². The van der Waals surface area contributed by atoms with E-state index in [2.05, 4.69) is 11.9 Å². The van der Waals surface area contributed by atoms with E-state index < -0.39 is 0 Å². The molecule has 15 heavy (non-hydrogen) atoms. The number of carbonyl (C=O) groups excluding carboxylic acids is 1. The van der Waals surface area contributed by atoms with E-state index in [0.717, 1.165) is 28.8 Å². The van der Waals surface area contributed by atoms with Gasteiger partial charge in [-0.3, -0.25) is 4.79 Å². The molecule has 78 valence electrons. The Labute approximate surface area is 88.7 Å². The van der Waals surface area contributed by atoms with Crippen molar-refractivity contribution in [1.82, 2.24) is 9.55 Å². The molecule has 3 nitrogen and oxygen atoms in total. The first-order valence-electron chi connectivity index (χ1n) is 5.09. The summed E-state index contributed by atoms with van der Waals surface area (Å²) in [7, 11) is 1.98.